The molecule has 2 aromatic rings. The highest BCUT2D eigenvalue weighted by Gasteiger charge is 2.13. The minimum Gasteiger partial charge on any atom is -0.454 e. The van der Waals surface area contributed by atoms with Crippen molar-refractivity contribution >= 4 is 35.6 Å². The number of nitrogens with zero attached hydrogens (tertiary/aromatic N) is 2. The molecular weight excluding hydrogens is 474 g/mol. The van der Waals surface area contributed by atoms with Crippen molar-refractivity contribution in [2.45, 2.75) is 20.0 Å². The number of hydrogen-bond donors (Lipinski definition) is 2. The molecule has 0 saturated carbocycles. The molecule has 0 amide bonds. The monoisotopic (exact) mass is 500 g/mol. The molecule has 0 atom stereocenters. The minimum absolute atomic E-state index is 0. The van der Waals surface area contributed by atoms with Crippen LogP contribution >= 0.6 is 24.0 Å². The van der Waals surface area contributed by atoms with Gasteiger partial charge in [-0.15, -0.1) is 24.0 Å². The van der Waals surface area contributed by atoms with E-state index in [0.29, 0.717) is 24.7 Å². The number of aliphatic imine (C=N–C) groups is 1. The zero-order chi connectivity index (χ0) is 19.2. The zero-order valence-corrected chi connectivity index (χ0v) is 18.6. The van der Waals surface area contributed by atoms with Crippen molar-refractivity contribution in [1.29, 1.82) is 0 Å². The fraction of sp³-hybridized carbons (Fsp3) is 0.350. The van der Waals surface area contributed by atoms with Crippen LogP contribution in [0.3, 0.4) is 0 Å². The van der Waals surface area contributed by atoms with Gasteiger partial charge in [-0.3, -0.25) is 0 Å². The van der Waals surface area contributed by atoms with Crippen LogP contribution in [-0.4, -0.2) is 33.4 Å². The molecule has 2 N–H and O–H groups in total. The van der Waals surface area contributed by atoms with Gasteiger partial charge in [0.15, 0.2) is 17.5 Å². The third kappa shape index (κ3) is 5.63. The van der Waals surface area contributed by atoms with E-state index in [2.05, 4.69) is 15.6 Å². The van der Waals surface area contributed by atoms with E-state index >= 15 is 0 Å². The van der Waals surface area contributed by atoms with E-state index in [4.69, 9.17) is 9.47 Å². The van der Waals surface area contributed by atoms with Crippen molar-refractivity contribution in [3.8, 4) is 11.5 Å². The molecule has 0 fully saturated rings. The van der Waals surface area contributed by atoms with Gasteiger partial charge in [0.05, 0.1) is 12.2 Å². The molecule has 0 aliphatic carbocycles. The molecule has 8 heteroatoms. The fourth-order valence-electron chi connectivity index (χ4n) is 2.76. The number of hydrogen-bond acceptors (Lipinski definition) is 4. The molecule has 0 unspecified atom stereocenters. The highest BCUT2D eigenvalue weighted by atomic mass is 127. The molecule has 0 bridgehead atoms. The van der Waals surface area contributed by atoms with Gasteiger partial charge in [-0.1, -0.05) is 12.1 Å². The fourth-order valence-corrected chi connectivity index (χ4v) is 2.76. The van der Waals surface area contributed by atoms with Crippen molar-refractivity contribution in [3.63, 3.8) is 0 Å². The molecule has 152 valence electrons. The smallest absolute Gasteiger partial charge is 0.231 e. The maximum atomic E-state index is 14.1. The molecule has 0 saturated heterocycles. The first kappa shape index (κ1) is 22.1. The van der Waals surface area contributed by atoms with Gasteiger partial charge in [-0.2, -0.15) is 0 Å². The van der Waals surface area contributed by atoms with E-state index in [1.54, 1.807) is 11.0 Å². The van der Waals surface area contributed by atoms with Gasteiger partial charge >= 0.3 is 0 Å². The van der Waals surface area contributed by atoms with E-state index in [1.165, 1.54) is 6.07 Å². The van der Waals surface area contributed by atoms with Crippen LogP contribution < -0.4 is 25.0 Å². The normalized spacial score (nSPS) is 12.4. The standard InChI is InChI=1S/C20H25FN4O2.HI/c1-4-22-20(23-11-14-5-7-17(25(2)3)16(21)9-14)24-12-15-6-8-18-19(10-15)27-13-26-18;/h5-10H,4,11-13H2,1-3H3,(H2,22,23,24);1H. The maximum absolute atomic E-state index is 14.1. The Morgan fingerprint density at radius 1 is 1.07 bits per heavy atom. The Labute approximate surface area is 182 Å². The molecular formula is C20H26FIN4O2. The van der Waals surface area contributed by atoms with Crippen molar-refractivity contribution in [3.05, 3.63) is 53.3 Å². The Morgan fingerprint density at radius 2 is 1.82 bits per heavy atom. The Balaban J connectivity index is 0.00000280. The van der Waals surface area contributed by atoms with Crippen LogP contribution in [-0.2, 0) is 13.1 Å². The summed E-state index contributed by atoms with van der Waals surface area (Å²) in [6.07, 6.45) is 0. The number of ether oxygens (including phenoxy) is 2. The van der Waals surface area contributed by atoms with Crippen LogP contribution in [0.5, 0.6) is 11.5 Å². The second kappa shape index (κ2) is 10.4. The predicted octanol–water partition coefficient (Wildman–Crippen LogP) is 3.49. The van der Waals surface area contributed by atoms with Crippen LogP contribution in [0.25, 0.3) is 0 Å². The van der Waals surface area contributed by atoms with Gasteiger partial charge in [-0.25, -0.2) is 9.38 Å². The summed E-state index contributed by atoms with van der Waals surface area (Å²) in [5.74, 6) is 1.95. The Morgan fingerprint density at radius 3 is 2.54 bits per heavy atom. The number of benzene rings is 2. The number of rotatable bonds is 6. The van der Waals surface area contributed by atoms with Gasteiger partial charge < -0.3 is 25.0 Å². The van der Waals surface area contributed by atoms with Crippen LogP contribution in [0, 0.1) is 5.82 Å². The van der Waals surface area contributed by atoms with Crippen molar-refractivity contribution in [2.24, 2.45) is 4.99 Å². The lowest BCUT2D eigenvalue weighted by Gasteiger charge is -2.14. The Kier molecular flexibility index (Phi) is 8.16. The molecule has 3 rings (SSSR count). The first-order chi connectivity index (χ1) is 13.1. The lowest BCUT2D eigenvalue weighted by atomic mass is 10.2. The van der Waals surface area contributed by atoms with Crippen molar-refractivity contribution in [1.82, 2.24) is 10.6 Å². The first-order valence-corrected chi connectivity index (χ1v) is 8.93. The van der Waals surface area contributed by atoms with Crippen molar-refractivity contribution in [2.75, 3.05) is 32.3 Å². The second-order valence-electron chi connectivity index (χ2n) is 6.42. The molecule has 2 aromatic carbocycles. The van der Waals surface area contributed by atoms with E-state index in [-0.39, 0.29) is 36.6 Å². The largest absolute Gasteiger partial charge is 0.454 e. The molecule has 28 heavy (non-hydrogen) atoms. The lowest BCUT2D eigenvalue weighted by molar-refractivity contribution is 0.174. The summed E-state index contributed by atoms with van der Waals surface area (Å²) < 4.78 is 24.8. The topological polar surface area (TPSA) is 58.1 Å². The van der Waals surface area contributed by atoms with E-state index in [9.17, 15) is 4.39 Å². The molecule has 0 spiro atoms. The number of guanidine groups is 1. The van der Waals surface area contributed by atoms with Gasteiger partial charge in [0, 0.05) is 27.2 Å². The van der Waals surface area contributed by atoms with Crippen molar-refractivity contribution < 1.29 is 13.9 Å². The van der Waals surface area contributed by atoms with Crippen LogP contribution in [0.2, 0.25) is 0 Å². The zero-order valence-electron chi connectivity index (χ0n) is 16.3. The van der Waals surface area contributed by atoms with Gasteiger partial charge in [-0.05, 0) is 42.3 Å². The third-order valence-corrected chi connectivity index (χ3v) is 4.15. The summed E-state index contributed by atoms with van der Waals surface area (Å²) in [5.41, 5.74) is 2.44. The summed E-state index contributed by atoms with van der Waals surface area (Å²) in [6.45, 7) is 3.99. The van der Waals surface area contributed by atoms with E-state index < -0.39 is 0 Å². The Hall–Kier alpha value is -2.23. The van der Waals surface area contributed by atoms with E-state index in [1.807, 2.05) is 45.3 Å². The third-order valence-electron chi connectivity index (χ3n) is 4.15. The Bertz CT molecular complexity index is 830. The highest BCUT2D eigenvalue weighted by molar-refractivity contribution is 14.0. The minimum atomic E-state index is -0.244. The summed E-state index contributed by atoms with van der Waals surface area (Å²) in [5, 5.41) is 6.48. The number of halogens is 2. The second-order valence-corrected chi connectivity index (χ2v) is 6.42. The average molecular weight is 500 g/mol. The molecule has 1 aliphatic heterocycles. The maximum Gasteiger partial charge on any atom is 0.231 e. The summed E-state index contributed by atoms with van der Waals surface area (Å²) in [4.78, 5) is 6.29. The molecule has 1 heterocycles. The molecule has 1 aliphatic rings. The van der Waals surface area contributed by atoms with Crippen LogP contribution in [0.15, 0.2) is 41.4 Å². The van der Waals surface area contributed by atoms with Gasteiger partial charge in [0.2, 0.25) is 6.79 Å². The SMILES string of the molecule is CCNC(=NCc1ccc(N(C)C)c(F)c1)NCc1ccc2c(c1)OCO2.I. The number of anilines is 1. The van der Waals surface area contributed by atoms with Crippen LogP contribution in [0.1, 0.15) is 18.1 Å². The number of nitrogens with one attached hydrogen (secondary N) is 2. The van der Waals surface area contributed by atoms with Gasteiger partial charge in [0.1, 0.15) is 5.82 Å². The molecule has 0 aromatic heterocycles. The van der Waals surface area contributed by atoms with Gasteiger partial charge in [0.25, 0.3) is 0 Å². The van der Waals surface area contributed by atoms with E-state index in [0.717, 1.165) is 29.2 Å². The summed E-state index contributed by atoms with van der Waals surface area (Å²) in [6, 6.07) is 11.0. The lowest BCUT2D eigenvalue weighted by Crippen LogP contribution is -2.36. The number of fused-ring (bicyclic) bond motifs is 1. The van der Waals surface area contributed by atoms with Crippen LogP contribution in [0.4, 0.5) is 10.1 Å². The summed E-state index contributed by atoms with van der Waals surface area (Å²) >= 11 is 0. The first-order valence-electron chi connectivity index (χ1n) is 8.93. The quantitative estimate of drug-likeness (QED) is 0.362. The molecule has 0 radical (unpaired) electrons. The average Bonchev–Trinajstić information content (AvgIpc) is 3.11. The highest BCUT2D eigenvalue weighted by Crippen LogP contribution is 2.32. The molecule has 6 nitrogen and oxygen atoms in total. The predicted molar refractivity (Wildman–Crippen MR) is 120 cm³/mol. The summed E-state index contributed by atoms with van der Waals surface area (Å²) in [7, 11) is 3.64.